The maximum Gasteiger partial charge on any atom is 0.287 e. The second-order valence-electron chi connectivity index (χ2n) is 9.12. The van der Waals surface area contributed by atoms with E-state index in [1.54, 1.807) is 6.07 Å². The Morgan fingerprint density at radius 2 is 1.83 bits per heavy atom. The first-order chi connectivity index (χ1) is 14.6. The largest absolute Gasteiger partial charge is 0.455 e. The highest BCUT2D eigenvalue weighted by atomic mass is 16.4. The zero-order valence-electron chi connectivity index (χ0n) is 18.4. The van der Waals surface area contributed by atoms with Gasteiger partial charge in [0, 0.05) is 19.6 Å². The van der Waals surface area contributed by atoms with Crippen molar-refractivity contribution in [1.29, 1.82) is 0 Å². The lowest BCUT2D eigenvalue weighted by atomic mass is 9.94. The number of aryl methyl sites for hydroxylation is 1. The highest BCUT2D eigenvalue weighted by Crippen LogP contribution is 2.29. The summed E-state index contributed by atoms with van der Waals surface area (Å²) >= 11 is 0. The van der Waals surface area contributed by atoms with E-state index in [2.05, 4.69) is 53.2 Å². The standard InChI is InChI=1S/C25H35N3O2/c1-19-9-13-27(14-10-19)18-22-7-8-24(30-22)25(29)26-12-16-28-15-11-21(17-28)23-6-4-3-5-20(23)2/h3-8,19,21H,9-18H2,1-2H3,(H,26,29)/t21-/m0/s1. The molecule has 2 fully saturated rings. The minimum absolute atomic E-state index is 0.108. The lowest BCUT2D eigenvalue weighted by molar-refractivity contribution is 0.0916. The molecule has 2 aliphatic heterocycles. The van der Waals surface area contributed by atoms with Gasteiger partial charge in [-0.05, 0) is 80.9 Å². The molecule has 5 nitrogen and oxygen atoms in total. The number of nitrogens with zero attached hydrogens (tertiary/aromatic N) is 2. The number of likely N-dealkylation sites (tertiary alicyclic amines) is 2. The monoisotopic (exact) mass is 409 g/mol. The van der Waals surface area contributed by atoms with Gasteiger partial charge in [-0.15, -0.1) is 0 Å². The van der Waals surface area contributed by atoms with Crippen molar-refractivity contribution in [1.82, 2.24) is 15.1 Å². The van der Waals surface area contributed by atoms with Gasteiger partial charge in [0.15, 0.2) is 5.76 Å². The van der Waals surface area contributed by atoms with E-state index in [0.29, 0.717) is 18.2 Å². The molecule has 1 amide bonds. The Bertz CT molecular complexity index is 838. The predicted octanol–water partition coefficient (Wildman–Crippen LogP) is 4.04. The van der Waals surface area contributed by atoms with E-state index in [1.165, 1.54) is 30.4 Å². The molecule has 0 unspecified atom stereocenters. The first-order valence-corrected chi connectivity index (χ1v) is 11.5. The molecule has 5 heteroatoms. The number of nitrogens with one attached hydrogen (secondary N) is 1. The fourth-order valence-corrected chi connectivity index (χ4v) is 4.77. The SMILES string of the molecule is Cc1ccccc1[C@H]1CCN(CCNC(=O)c2ccc(CN3CCC(C)CC3)o2)C1. The van der Waals surface area contributed by atoms with Crippen LogP contribution in [-0.2, 0) is 6.54 Å². The molecule has 4 rings (SSSR count). The molecule has 0 radical (unpaired) electrons. The van der Waals surface area contributed by atoms with Crippen LogP contribution in [0.1, 0.15) is 59.5 Å². The first-order valence-electron chi connectivity index (χ1n) is 11.5. The van der Waals surface area contributed by atoms with E-state index in [0.717, 1.165) is 50.9 Å². The van der Waals surface area contributed by atoms with Crippen LogP contribution >= 0.6 is 0 Å². The van der Waals surface area contributed by atoms with Crippen molar-refractivity contribution < 1.29 is 9.21 Å². The molecule has 2 saturated heterocycles. The molecule has 0 aliphatic carbocycles. The minimum atomic E-state index is -0.108. The van der Waals surface area contributed by atoms with Crippen LogP contribution in [0.4, 0.5) is 0 Å². The van der Waals surface area contributed by atoms with Gasteiger partial charge in [0.25, 0.3) is 5.91 Å². The van der Waals surface area contributed by atoms with Crippen molar-refractivity contribution in [3.63, 3.8) is 0 Å². The molecule has 2 aromatic rings. The van der Waals surface area contributed by atoms with Gasteiger partial charge in [-0.2, -0.15) is 0 Å². The Kier molecular flexibility index (Phi) is 6.90. The van der Waals surface area contributed by atoms with Gasteiger partial charge in [-0.25, -0.2) is 0 Å². The molecule has 0 spiro atoms. The van der Waals surface area contributed by atoms with Crippen LogP contribution < -0.4 is 5.32 Å². The van der Waals surface area contributed by atoms with Crippen LogP contribution in [0.15, 0.2) is 40.8 Å². The van der Waals surface area contributed by atoms with Gasteiger partial charge in [0.1, 0.15) is 5.76 Å². The average molecular weight is 410 g/mol. The fraction of sp³-hybridized carbons (Fsp3) is 0.560. The number of rotatable bonds is 7. The van der Waals surface area contributed by atoms with Gasteiger partial charge in [0.05, 0.1) is 6.54 Å². The van der Waals surface area contributed by atoms with Crippen LogP contribution in [0.5, 0.6) is 0 Å². The summed E-state index contributed by atoms with van der Waals surface area (Å²) in [6.45, 7) is 11.2. The molecule has 0 saturated carbocycles. The third-order valence-corrected chi connectivity index (χ3v) is 6.76. The second kappa shape index (κ2) is 9.80. The number of amides is 1. The predicted molar refractivity (Wildman–Crippen MR) is 120 cm³/mol. The van der Waals surface area contributed by atoms with E-state index in [1.807, 2.05) is 6.07 Å². The van der Waals surface area contributed by atoms with Gasteiger partial charge >= 0.3 is 0 Å². The van der Waals surface area contributed by atoms with Crippen molar-refractivity contribution in [3.05, 3.63) is 59.0 Å². The lowest BCUT2D eigenvalue weighted by Crippen LogP contribution is -2.33. The fourth-order valence-electron chi connectivity index (χ4n) is 4.77. The molecule has 1 aromatic carbocycles. The summed E-state index contributed by atoms with van der Waals surface area (Å²) in [6.07, 6.45) is 3.68. The molecule has 1 aromatic heterocycles. The van der Waals surface area contributed by atoms with Crippen molar-refractivity contribution in [3.8, 4) is 0 Å². The van der Waals surface area contributed by atoms with Crippen LogP contribution in [0.3, 0.4) is 0 Å². The smallest absolute Gasteiger partial charge is 0.287 e. The van der Waals surface area contributed by atoms with Crippen molar-refractivity contribution in [2.75, 3.05) is 39.3 Å². The number of carbonyl (C=O) groups excluding carboxylic acids is 1. The number of piperidine rings is 1. The zero-order valence-corrected chi connectivity index (χ0v) is 18.4. The van der Waals surface area contributed by atoms with Gasteiger partial charge in [0.2, 0.25) is 0 Å². The quantitative estimate of drug-likeness (QED) is 0.750. The molecule has 162 valence electrons. The van der Waals surface area contributed by atoms with Gasteiger partial charge in [-0.3, -0.25) is 9.69 Å². The summed E-state index contributed by atoms with van der Waals surface area (Å²) in [7, 11) is 0. The van der Waals surface area contributed by atoms with Crippen LogP contribution in [0.25, 0.3) is 0 Å². The summed E-state index contributed by atoms with van der Waals surface area (Å²) in [5, 5.41) is 3.03. The molecule has 0 bridgehead atoms. The van der Waals surface area contributed by atoms with Crippen LogP contribution in [0.2, 0.25) is 0 Å². The second-order valence-corrected chi connectivity index (χ2v) is 9.12. The van der Waals surface area contributed by atoms with Crippen LogP contribution in [0, 0.1) is 12.8 Å². The molecule has 1 atom stereocenters. The summed E-state index contributed by atoms with van der Waals surface area (Å²) in [6, 6.07) is 12.4. The van der Waals surface area contributed by atoms with Crippen LogP contribution in [-0.4, -0.2) is 55.0 Å². The highest BCUT2D eigenvalue weighted by molar-refractivity contribution is 5.91. The van der Waals surface area contributed by atoms with Crippen molar-refractivity contribution >= 4 is 5.91 Å². The van der Waals surface area contributed by atoms with Gasteiger partial charge in [-0.1, -0.05) is 31.2 Å². The lowest BCUT2D eigenvalue weighted by Gasteiger charge is -2.29. The molecular weight excluding hydrogens is 374 g/mol. The number of benzene rings is 1. The molecule has 3 heterocycles. The highest BCUT2D eigenvalue weighted by Gasteiger charge is 2.24. The van der Waals surface area contributed by atoms with E-state index in [4.69, 9.17) is 4.42 Å². The summed E-state index contributed by atoms with van der Waals surface area (Å²) in [4.78, 5) is 17.3. The number of carbonyl (C=O) groups is 1. The Morgan fingerprint density at radius 1 is 1.07 bits per heavy atom. The van der Waals surface area contributed by atoms with E-state index in [9.17, 15) is 4.79 Å². The molecule has 30 heavy (non-hydrogen) atoms. The van der Waals surface area contributed by atoms with E-state index < -0.39 is 0 Å². The van der Waals surface area contributed by atoms with Crippen molar-refractivity contribution in [2.45, 2.75) is 45.6 Å². The normalized spacial score (nSPS) is 21.2. The Labute approximate surface area is 180 Å². The average Bonchev–Trinajstić information content (AvgIpc) is 3.40. The van der Waals surface area contributed by atoms with Crippen molar-refractivity contribution in [2.24, 2.45) is 5.92 Å². The van der Waals surface area contributed by atoms with E-state index in [-0.39, 0.29) is 5.91 Å². The minimum Gasteiger partial charge on any atom is -0.455 e. The van der Waals surface area contributed by atoms with Gasteiger partial charge < -0.3 is 14.6 Å². The summed E-state index contributed by atoms with van der Waals surface area (Å²) in [5.41, 5.74) is 2.85. The topological polar surface area (TPSA) is 48.7 Å². The zero-order chi connectivity index (χ0) is 20.9. The number of furan rings is 1. The molecular formula is C25H35N3O2. The first kappa shape index (κ1) is 21.1. The third-order valence-electron chi connectivity index (χ3n) is 6.76. The number of hydrogen-bond donors (Lipinski definition) is 1. The molecule has 2 aliphatic rings. The third kappa shape index (κ3) is 5.32. The maximum atomic E-state index is 12.5. The molecule has 1 N–H and O–H groups in total. The maximum absolute atomic E-state index is 12.5. The number of hydrogen-bond acceptors (Lipinski definition) is 4. The van der Waals surface area contributed by atoms with E-state index >= 15 is 0 Å². The Balaban J connectivity index is 1.19. The summed E-state index contributed by atoms with van der Waals surface area (Å²) in [5.74, 6) is 2.63. The Hall–Kier alpha value is -2.11. The Morgan fingerprint density at radius 3 is 2.63 bits per heavy atom. The summed E-state index contributed by atoms with van der Waals surface area (Å²) < 4.78 is 5.82.